The van der Waals surface area contributed by atoms with Crippen molar-refractivity contribution < 1.29 is 23.4 Å². The highest BCUT2D eigenvalue weighted by molar-refractivity contribution is 5.43. The summed E-state index contributed by atoms with van der Waals surface area (Å²) >= 11 is 0. The van der Waals surface area contributed by atoms with E-state index in [1.165, 1.54) is 24.3 Å². The number of aliphatic hydroxyl groups is 1. The van der Waals surface area contributed by atoms with E-state index in [4.69, 9.17) is 9.47 Å². The number of rotatable bonds is 11. The molecule has 1 heterocycles. The Morgan fingerprint density at radius 1 is 1.09 bits per heavy atom. The Labute approximate surface area is 192 Å². The van der Waals surface area contributed by atoms with Gasteiger partial charge >= 0.3 is 0 Å². The fraction of sp³-hybridized carbons (Fsp3) is 0.400. The Morgan fingerprint density at radius 3 is 2.33 bits per heavy atom. The van der Waals surface area contributed by atoms with Gasteiger partial charge in [0.15, 0.2) is 0 Å². The average molecular weight is 458 g/mol. The minimum Gasteiger partial charge on any atom is -0.439 e. The molecule has 0 aliphatic heterocycles. The number of hydrogen-bond donors (Lipinski definition) is 1. The molecule has 1 fully saturated rings. The van der Waals surface area contributed by atoms with Crippen molar-refractivity contribution >= 4 is 0 Å². The van der Waals surface area contributed by atoms with Crippen molar-refractivity contribution in [1.82, 2.24) is 14.7 Å². The molecule has 6 nitrogen and oxygen atoms in total. The molecule has 0 amide bonds. The monoisotopic (exact) mass is 457 g/mol. The zero-order valence-corrected chi connectivity index (χ0v) is 18.9. The van der Waals surface area contributed by atoms with E-state index in [0.717, 1.165) is 24.1 Å². The number of ether oxygens (including phenoxy) is 2. The summed E-state index contributed by atoms with van der Waals surface area (Å²) in [5.74, 6) is 0.256. The van der Waals surface area contributed by atoms with Crippen LogP contribution in [0.5, 0.6) is 11.6 Å². The Hall–Kier alpha value is -2.81. The van der Waals surface area contributed by atoms with Crippen molar-refractivity contribution in [1.29, 1.82) is 0 Å². The van der Waals surface area contributed by atoms with Gasteiger partial charge in [0.1, 0.15) is 17.4 Å². The second kappa shape index (κ2) is 10.4. The Morgan fingerprint density at radius 2 is 1.73 bits per heavy atom. The lowest BCUT2D eigenvalue weighted by atomic mass is 10.2. The van der Waals surface area contributed by atoms with Crippen LogP contribution in [-0.2, 0) is 11.3 Å². The molecule has 1 aliphatic carbocycles. The maximum absolute atomic E-state index is 13.5. The maximum Gasteiger partial charge on any atom is 0.227 e. The van der Waals surface area contributed by atoms with Crippen LogP contribution in [0.4, 0.5) is 8.78 Å². The summed E-state index contributed by atoms with van der Waals surface area (Å²) in [5.41, 5.74) is 2.28. The number of benzene rings is 2. The largest absolute Gasteiger partial charge is 0.439 e. The van der Waals surface area contributed by atoms with E-state index in [0.29, 0.717) is 43.1 Å². The van der Waals surface area contributed by atoms with E-state index < -0.39 is 6.10 Å². The topological polar surface area (TPSA) is 59.8 Å². The molecule has 4 rings (SSSR count). The quantitative estimate of drug-likeness (QED) is 0.456. The van der Waals surface area contributed by atoms with Crippen molar-refractivity contribution in [3.63, 3.8) is 0 Å². The molecule has 1 N–H and O–H groups in total. The molecule has 0 saturated heterocycles. The fourth-order valence-electron chi connectivity index (χ4n) is 3.76. The maximum atomic E-state index is 13.5. The number of aliphatic hydroxyl groups excluding tert-OH is 1. The second-order valence-electron chi connectivity index (χ2n) is 8.29. The molecule has 33 heavy (non-hydrogen) atoms. The molecule has 1 aromatic heterocycles. The summed E-state index contributed by atoms with van der Waals surface area (Å²) in [4.78, 5) is 2.22. The first-order valence-electron chi connectivity index (χ1n) is 11.2. The Bertz CT molecular complexity index is 1050. The van der Waals surface area contributed by atoms with E-state index in [1.54, 1.807) is 28.9 Å². The van der Waals surface area contributed by atoms with Gasteiger partial charge in [-0.15, -0.1) is 0 Å². The van der Waals surface area contributed by atoms with Crippen LogP contribution in [0.25, 0.3) is 5.69 Å². The molecule has 8 heteroatoms. The molecule has 0 spiro atoms. The molecular formula is C25H29F2N3O3. The number of aromatic nitrogens is 2. The molecule has 176 valence electrons. The first kappa shape index (κ1) is 23.4. The van der Waals surface area contributed by atoms with Gasteiger partial charge in [-0.2, -0.15) is 5.10 Å². The predicted octanol–water partition coefficient (Wildman–Crippen LogP) is 4.61. The van der Waals surface area contributed by atoms with Gasteiger partial charge in [-0.1, -0.05) is 0 Å². The zero-order valence-electron chi connectivity index (χ0n) is 18.9. The molecule has 1 saturated carbocycles. The Balaban J connectivity index is 1.66. The number of halogens is 2. The minimum absolute atomic E-state index is 0.284. The van der Waals surface area contributed by atoms with E-state index >= 15 is 0 Å². The van der Waals surface area contributed by atoms with Gasteiger partial charge in [0, 0.05) is 25.7 Å². The van der Waals surface area contributed by atoms with Crippen molar-refractivity contribution in [2.24, 2.45) is 0 Å². The summed E-state index contributed by atoms with van der Waals surface area (Å²) in [6.45, 7) is 5.64. The number of aryl methyl sites for hydroxylation is 1. The fourth-order valence-corrected chi connectivity index (χ4v) is 3.76. The highest BCUT2D eigenvalue weighted by atomic mass is 19.1. The standard InChI is InChI=1S/C25H29F2N3O3/c1-3-32-16-22(31)14-29(20-10-11-20)15-24-17(2)28-30(21-8-4-18(26)5-9-21)25(24)33-23-12-6-19(27)7-13-23/h4-9,12-13,20,22,31H,3,10-11,14-16H2,1-2H3. The number of nitrogens with zero attached hydrogens (tertiary/aromatic N) is 3. The van der Waals surface area contributed by atoms with E-state index in [9.17, 15) is 13.9 Å². The van der Waals surface area contributed by atoms with Gasteiger partial charge < -0.3 is 14.6 Å². The van der Waals surface area contributed by atoms with Crippen LogP contribution in [0, 0.1) is 18.6 Å². The lowest BCUT2D eigenvalue weighted by Crippen LogP contribution is -2.36. The SMILES string of the molecule is CCOCC(O)CN(Cc1c(C)nn(-c2ccc(F)cc2)c1Oc1ccc(F)cc1)C1CC1. The molecule has 2 aromatic carbocycles. The van der Waals surface area contributed by atoms with Crippen molar-refractivity contribution in [2.45, 2.75) is 45.4 Å². The third-order valence-electron chi connectivity index (χ3n) is 5.62. The molecule has 0 radical (unpaired) electrons. The first-order valence-corrected chi connectivity index (χ1v) is 11.2. The van der Waals surface area contributed by atoms with Gasteiger partial charge in [0.2, 0.25) is 5.88 Å². The summed E-state index contributed by atoms with van der Waals surface area (Å²) in [7, 11) is 0. The van der Waals surface area contributed by atoms with Crippen LogP contribution >= 0.6 is 0 Å². The van der Waals surface area contributed by atoms with Crippen LogP contribution < -0.4 is 4.74 Å². The van der Waals surface area contributed by atoms with Gasteiger partial charge in [-0.25, -0.2) is 13.5 Å². The first-order chi connectivity index (χ1) is 15.9. The van der Waals surface area contributed by atoms with Crippen LogP contribution in [0.15, 0.2) is 48.5 Å². The van der Waals surface area contributed by atoms with Gasteiger partial charge in [-0.3, -0.25) is 4.90 Å². The molecular weight excluding hydrogens is 428 g/mol. The predicted molar refractivity (Wildman–Crippen MR) is 121 cm³/mol. The third kappa shape index (κ3) is 5.96. The molecule has 3 aromatic rings. The third-order valence-corrected chi connectivity index (χ3v) is 5.62. The molecule has 0 bridgehead atoms. The van der Waals surface area contributed by atoms with Crippen LogP contribution in [0.3, 0.4) is 0 Å². The molecule has 1 aliphatic rings. The van der Waals surface area contributed by atoms with E-state index in [1.807, 2.05) is 13.8 Å². The molecule has 1 unspecified atom stereocenters. The summed E-state index contributed by atoms with van der Waals surface area (Å²) < 4.78 is 40.1. The highest BCUT2D eigenvalue weighted by Gasteiger charge is 2.32. The number of hydrogen-bond acceptors (Lipinski definition) is 5. The minimum atomic E-state index is -0.598. The van der Waals surface area contributed by atoms with Gasteiger partial charge in [-0.05, 0) is 75.2 Å². The zero-order chi connectivity index (χ0) is 23.4. The van der Waals surface area contributed by atoms with Crippen molar-refractivity contribution in [3.8, 4) is 17.3 Å². The average Bonchev–Trinajstić information content (AvgIpc) is 3.61. The van der Waals surface area contributed by atoms with Crippen molar-refractivity contribution in [3.05, 3.63) is 71.4 Å². The Kier molecular flexibility index (Phi) is 7.37. The van der Waals surface area contributed by atoms with E-state index in [2.05, 4.69) is 10.00 Å². The summed E-state index contributed by atoms with van der Waals surface area (Å²) in [6.07, 6.45) is 1.54. The van der Waals surface area contributed by atoms with Gasteiger partial charge in [0.25, 0.3) is 0 Å². The normalized spacial score (nSPS) is 14.6. The highest BCUT2D eigenvalue weighted by Crippen LogP contribution is 2.35. The molecule has 1 atom stereocenters. The summed E-state index contributed by atoms with van der Waals surface area (Å²) in [6, 6.07) is 12.2. The van der Waals surface area contributed by atoms with Crippen LogP contribution in [0.1, 0.15) is 31.0 Å². The smallest absolute Gasteiger partial charge is 0.227 e. The van der Waals surface area contributed by atoms with Crippen LogP contribution in [-0.4, -0.2) is 51.7 Å². The summed E-state index contributed by atoms with van der Waals surface area (Å²) in [5, 5.41) is 15.1. The lowest BCUT2D eigenvalue weighted by molar-refractivity contribution is 0.0177. The second-order valence-corrected chi connectivity index (χ2v) is 8.29. The lowest BCUT2D eigenvalue weighted by Gasteiger charge is -2.25. The van der Waals surface area contributed by atoms with E-state index in [-0.39, 0.29) is 18.2 Å². The van der Waals surface area contributed by atoms with Gasteiger partial charge in [0.05, 0.1) is 29.7 Å². The van der Waals surface area contributed by atoms with Crippen LogP contribution in [0.2, 0.25) is 0 Å². The van der Waals surface area contributed by atoms with Crippen molar-refractivity contribution in [2.75, 3.05) is 19.8 Å².